The topological polar surface area (TPSA) is 135 Å². The summed E-state index contributed by atoms with van der Waals surface area (Å²) in [6.07, 6.45) is 3.31. The highest BCUT2D eigenvalue weighted by Gasteiger charge is 2.42. The first kappa shape index (κ1) is 29.9. The number of Topliss-reactive ketones (excluding diaryl/α,β-unsaturated/α-hetero) is 1. The Kier molecular flexibility index (Phi) is 8.46. The van der Waals surface area contributed by atoms with Crippen LogP contribution >= 0.6 is 0 Å². The molecule has 0 bridgehead atoms. The van der Waals surface area contributed by atoms with E-state index in [-0.39, 0.29) is 43.8 Å². The SMILES string of the molecule is Cc1ccc(OC[C@H](O)CN=C2C=CCC(=O)C2=C2Cc3cc4c(cc3N2)C(=O)N(N2CCN(CCO)CC2)C4=O)c(C)c1. The number of ether oxygens (including phenoxy) is 1. The van der Waals surface area contributed by atoms with Crippen LogP contribution < -0.4 is 10.1 Å². The number of anilines is 1. The minimum atomic E-state index is -0.866. The summed E-state index contributed by atoms with van der Waals surface area (Å²) in [5.41, 5.74) is 5.91. The van der Waals surface area contributed by atoms with Gasteiger partial charge in [0.2, 0.25) is 0 Å². The lowest BCUT2D eigenvalue weighted by Crippen LogP contribution is -2.55. The van der Waals surface area contributed by atoms with Crippen molar-refractivity contribution in [1.82, 2.24) is 14.9 Å². The van der Waals surface area contributed by atoms with E-state index in [0.717, 1.165) is 16.7 Å². The standard InChI is InChI=1S/C33H37N5O6/c1-20-6-7-30(21(2)14-20)44-19-23(40)18-34-26-4-3-5-29(41)31(26)28-16-22-15-24-25(17-27(22)35-28)33(43)38(32(24)42)37-10-8-36(9-11-37)12-13-39/h3-4,6-7,14-15,17,23,35,39-40H,5,8-13,16,18-19H2,1-2H3/t23-/m1/s1. The molecule has 230 valence electrons. The van der Waals surface area contributed by atoms with Crippen LogP contribution in [0.3, 0.4) is 0 Å². The number of aliphatic hydroxyl groups is 2. The number of nitrogens with zero attached hydrogens (tertiary/aromatic N) is 4. The molecule has 0 radical (unpaired) electrons. The number of fused-ring (bicyclic) bond motifs is 2. The van der Waals surface area contributed by atoms with Gasteiger partial charge in [0, 0.05) is 56.9 Å². The molecule has 0 aromatic heterocycles. The zero-order valence-corrected chi connectivity index (χ0v) is 25.0. The predicted octanol–water partition coefficient (Wildman–Crippen LogP) is 2.06. The number of aryl methyl sites for hydroxylation is 2. The lowest BCUT2D eigenvalue weighted by molar-refractivity contribution is -0.114. The van der Waals surface area contributed by atoms with E-state index in [1.54, 1.807) is 29.3 Å². The molecule has 44 heavy (non-hydrogen) atoms. The Labute approximate surface area is 256 Å². The van der Waals surface area contributed by atoms with Gasteiger partial charge in [-0.2, -0.15) is 0 Å². The highest BCUT2D eigenvalue weighted by molar-refractivity contribution is 6.29. The molecule has 1 fully saturated rings. The number of ketones is 1. The highest BCUT2D eigenvalue weighted by Crippen LogP contribution is 2.37. The molecule has 6 rings (SSSR count). The Balaban J connectivity index is 1.16. The quantitative estimate of drug-likeness (QED) is 0.308. The Morgan fingerprint density at radius 1 is 1.02 bits per heavy atom. The number of rotatable bonds is 8. The van der Waals surface area contributed by atoms with Crippen molar-refractivity contribution in [3.8, 4) is 5.75 Å². The third-order valence-corrected chi connectivity index (χ3v) is 8.44. The summed E-state index contributed by atoms with van der Waals surface area (Å²) in [5, 5.41) is 26.1. The van der Waals surface area contributed by atoms with Crippen molar-refractivity contribution in [3.63, 3.8) is 0 Å². The fraction of sp³-hybridized carbons (Fsp3) is 0.394. The van der Waals surface area contributed by atoms with E-state index < -0.39 is 6.10 Å². The number of benzene rings is 2. The monoisotopic (exact) mass is 599 g/mol. The largest absolute Gasteiger partial charge is 0.491 e. The fourth-order valence-electron chi connectivity index (χ4n) is 6.15. The second-order valence-corrected chi connectivity index (χ2v) is 11.6. The van der Waals surface area contributed by atoms with Gasteiger partial charge in [-0.15, -0.1) is 0 Å². The smallest absolute Gasteiger partial charge is 0.276 e. The van der Waals surface area contributed by atoms with Crippen LogP contribution in [-0.4, -0.2) is 107 Å². The molecule has 2 aromatic rings. The first-order chi connectivity index (χ1) is 21.2. The van der Waals surface area contributed by atoms with Gasteiger partial charge in [-0.05, 0) is 49.2 Å². The van der Waals surface area contributed by atoms with E-state index >= 15 is 0 Å². The minimum Gasteiger partial charge on any atom is -0.491 e. The number of amides is 2. The first-order valence-corrected chi connectivity index (χ1v) is 15.0. The summed E-state index contributed by atoms with van der Waals surface area (Å²) in [6, 6.07) is 9.31. The summed E-state index contributed by atoms with van der Waals surface area (Å²) in [7, 11) is 0. The maximum absolute atomic E-state index is 13.4. The number of piperazine rings is 1. The summed E-state index contributed by atoms with van der Waals surface area (Å²) >= 11 is 0. The maximum Gasteiger partial charge on any atom is 0.276 e. The maximum atomic E-state index is 13.4. The molecule has 3 heterocycles. The molecule has 4 aliphatic rings. The summed E-state index contributed by atoms with van der Waals surface area (Å²) in [6.45, 7) is 7.08. The zero-order chi connectivity index (χ0) is 31.0. The molecule has 0 unspecified atom stereocenters. The Morgan fingerprint density at radius 2 is 1.77 bits per heavy atom. The molecule has 11 heteroatoms. The average molecular weight is 600 g/mol. The van der Waals surface area contributed by atoms with Gasteiger partial charge >= 0.3 is 0 Å². The van der Waals surface area contributed by atoms with E-state index in [0.29, 0.717) is 78.7 Å². The third kappa shape index (κ3) is 5.83. The van der Waals surface area contributed by atoms with Crippen molar-refractivity contribution < 1.29 is 29.3 Å². The van der Waals surface area contributed by atoms with Crippen LogP contribution in [0.5, 0.6) is 5.75 Å². The lowest BCUT2D eigenvalue weighted by Gasteiger charge is -2.37. The number of carbonyl (C=O) groups excluding carboxylic acids is 3. The normalized spacial score (nSPS) is 22.0. The van der Waals surface area contributed by atoms with Crippen LogP contribution in [0.2, 0.25) is 0 Å². The molecule has 0 spiro atoms. The number of aliphatic imine (C=N–C) groups is 1. The first-order valence-electron chi connectivity index (χ1n) is 15.0. The van der Waals surface area contributed by atoms with E-state index in [9.17, 15) is 24.6 Å². The zero-order valence-electron chi connectivity index (χ0n) is 25.0. The molecule has 3 aliphatic heterocycles. The lowest BCUT2D eigenvalue weighted by atomic mass is 9.94. The van der Waals surface area contributed by atoms with Crippen molar-refractivity contribution in [2.75, 3.05) is 57.8 Å². The summed E-state index contributed by atoms with van der Waals surface area (Å²) in [5.74, 6) is -0.0880. The van der Waals surface area contributed by atoms with Crippen LogP contribution in [0.15, 0.2) is 58.7 Å². The second kappa shape index (κ2) is 12.4. The van der Waals surface area contributed by atoms with Gasteiger partial charge in [-0.1, -0.05) is 23.8 Å². The van der Waals surface area contributed by atoms with Gasteiger partial charge in [-0.25, -0.2) is 10.0 Å². The number of nitrogens with one attached hydrogen (secondary N) is 1. The third-order valence-electron chi connectivity index (χ3n) is 8.44. The Morgan fingerprint density at radius 3 is 2.50 bits per heavy atom. The van der Waals surface area contributed by atoms with Crippen LogP contribution in [0.1, 0.15) is 43.8 Å². The second-order valence-electron chi connectivity index (χ2n) is 11.6. The average Bonchev–Trinajstić information content (AvgIpc) is 3.52. The highest BCUT2D eigenvalue weighted by atomic mass is 16.5. The van der Waals surface area contributed by atoms with Gasteiger partial charge in [0.15, 0.2) is 5.78 Å². The number of hydrazine groups is 1. The summed E-state index contributed by atoms with van der Waals surface area (Å²) < 4.78 is 5.80. The number of carbonyl (C=O) groups is 3. The molecule has 3 N–H and O–H groups in total. The van der Waals surface area contributed by atoms with E-state index in [2.05, 4.69) is 15.2 Å². The molecular formula is C33H37N5O6. The van der Waals surface area contributed by atoms with Crippen LogP contribution in [0.4, 0.5) is 5.69 Å². The van der Waals surface area contributed by atoms with E-state index in [4.69, 9.17) is 4.74 Å². The number of β-amino-alcohol motifs (C(OH)–C–C–N with tert-alkyl or cyclic N) is 1. The van der Waals surface area contributed by atoms with Crippen molar-refractivity contribution in [2.24, 2.45) is 4.99 Å². The molecule has 0 saturated carbocycles. The molecular weight excluding hydrogens is 562 g/mol. The summed E-state index contributed by atoms with van der Waals surface area (Å²) in [4.78, 5) is 46.5. The minimum absolute atomic E-state index is 0.0585. The Hall–Kier alpha value is -4.16. The number of imide groups is 1. The molecule has 1 aliphatic carbocycles. The van der Waals surface area contributed by atoms with Gasteiger partial charge in [0.25, 0.3) is 11.8 Å². The number of allylic oxidation sites excluding steroid dienone is 4. The molecule has 1 atom stereocenters. The van der Waals surface area contributed by atoms with Gasteiger partial charge in [0.1, 0.15) is 18.5 Å². The van der Waals surface area contributed by atoms with E-state index in [1.807, 2.05) is 32.0 Å². The van der Waals surface area contributed by atoms with E-state index in [1.165, 1.54) is 5.01 Å². The predicted molar refractivity (Wildman–Crippen MR) is 165 cm³/mol. The van der Waals surface area contributed by atoms with Crippen molar-refractivity contribution in [1.29, 1.82) is 0 Å². The van der Waals surface area contributed by atoms with Gasteiger partial charge < -0.3 is 20.3 Å². The molecule has 11 nitrogen and oxygen atoms in total. The van der Waals surface area contributed by atoms with Crippen LogP contribution in [0, 0.1) is 13.8 Å². The van der Waals surface area contributed by atoms with Crippen LogP contribution in [-0.2, 0) is 11.2 Å². The number of hydrogen-bond acceptors (Lipinski definition) is 10. The Bertz CT molecular complexity index is 1560. The van der Waals surface area contributed by atoms with Crippen LogP contribution in [0.25, 0.3) is 0 Å². The number of aliphatic hydroxyl groups excluding tert-OH is 2. The fourth-order valence-corrected chi connectivity index (χ4v) is 6.15. The van der Waals surface area contributed by atoms with Crippen molar-refractivity contribution in [3.05, 3.63) is 81.6 Å². The molecule has 2 amide bonds. The van der Waals surface area contributed by atoms with Crippen molar-refractivity contribution >= 4 is 29.0 Å². The van der Waals surface area contributed by atoms with Gasteiger partial charge in [0.05, 0.1) is 35.6 Å². The molecule has 1 saturated heterocycles. The number of hydrogen-bond donors (Lipinski definition) is 3. The van der Waals surface area contributed by atoms with Gasteiger partial charge in [-0.3, -0.25) is 24.3 Å². The van der Waals surface area contributed by atoms with Crippen molar-refractivity contribution in [2.45, 2.75) is 32.8 Å². The molecule has 2 aromatic carbocycles.